The molecular formula is C17H17ClN4OS. The Labute approximate surface area is 149 Å². The number of thiazole rings is 1. The molecule has 0 radical (unpaired) electrons. The summed E-state index contributed by atoms with van der Waals surface area (Å²) in [6.07, 6.45) is 1.65. The van der Waals surface area contributed by atoms with Crippen LogP contribution in [0.2, 0.25) is 5.28 Å². The van der Waals surface area contributed by atoms with E-state index >= 15 is 0 Å². The van der Waals surface area contributed by atoms with Crippen molar-refractivity contribution in [2.45, 2.75) is 13.8 Å². The maximum atomic E-state index is 5.96. The van der Waals surface area contributed by atoms with Crippen LogP contribution in [-0.2, 0) is 0 Å². The Bertz CT molecular complexity index is 866. The van der Waals surface area contributed by atoms with Crippen molar-refractivity contribution in [2.24, 2.45) is 0 Å². The number of rotatable bonds is 5. The molecule has 2 heterocycles. The van der Waals surface area contributed by atoms with E-state index in [1.54, 1.807) is 24.6 Å². The predicted octanol–water partition coefficient (Wildman–Crippen LogP) is 4.67. The number of ether oxygens (including phenoxy) is 1. The number of hydrogen-bond acceptors (Lipinski definition) is 6. The summed E-state index contributed by atoms with van der Waals surface area (Å²) >= 11 is 7.50. The van der Waals surface area contributed by atoms with E-state index in [9.17, 15) is 0 Å². The van der Waals surface area contributed by atoms with Gasteiger partial charge in [-0.25, -0.2) is 15.0 Å². The third-order valence-electron chi connectivity index (χ3n) is 3.50. The lowest BCUT2D eigenvalue weighted by molar-refractivity contribution is 0.412. The monoisotopic (exact) mass is 360 g/mol. The van der Waals surface area contributed by atoms with Gasteiger partial charge in [-0.2, -0.15) is 0 Å². The number of hydrogen-bond donors (Lipinski definition) is 1. The van der Waals surface area contributed by atoms with Gasteiger partial charge in [0, 0.05) is 18.3 Å². The molecule has 0 atom stereocenters. The summed E-state index contributed by atoms with van der Waals surface area (Å²) < 4.78 is 5.44. The highest BCUT2D eigenvalue weighted by Gasteiger charge is 2.17. The SMILES string of the molecule is CCNc1nc(-c2ccc(C)c(OC)c2)c(-c2ccnc(Cl)n2)s1. The molecule has 24 heavy (non-hydrogen) atoms. The molecule has 0 saturated heterocycles. The number of aryl methyl sites for hydroxylation is 1. The first-order chi connectivity index (χ1) is 11.6. The molecule has 3 aromatic rings. The summed E-state index contributed by atoms with van der Waals surface area (Å²) in [5.74, 6) is 0.831. The number of methoxy groups -OCH3 is 1. The number of benzene rings is 1. The fourth-order valence-corrected chi connectivity index (χ4v) is 3.52. The van der Waals surface area contributed by atoms with Gasteiger partial charge in [-0.05, 0) is 43.1 Å². The minimum Gasteiger partial charge on any atom is -0.496 e. The maximum Gasteiger partial charge on any atom is 0.222 e. The van der Waals surface area contributed by atoms with Gasteiger partial charge in [0.05, 0.1) is 23.4 Å². The number of nitrogens with one attached hydrogen (secondary N) is 1. The van der Waals surface area contributed by atoms with E-state index in [1.165, 1.54) is 0 Å². The van der Waals surface area contributed by atoms with Crippen LogP contribution in [0.25, 0.3) is 21.8 Å². The van der Waals surface area contributed by atoms with Gasteiger partial charge in [-0.3, -0.25) is 0 Å². The van der Waals surface area contributed by atoms with Crippen LogP contribution in [0.15, 0.2) is 30.5 Å². The van der Waals surface area contributed by atoms with Crippen molar-refractivity contribution >= 4 is 28.1 Å². The van der Waals surface area contributed by atoms with Crippen LogP contribution in [-0.4, -0.2) is 28.6 Å². The first-order valence-corrected chi connectivity index (χ1v) is 8.70. The topological polar surface area (TPSA) is 59.9 Å². The summed E-state index contributed by atoms with van der Waals surface area (Å²) in [7, 11) is 1.67. The molecule has 0 saturated carbocycles. The fourth-order valence-electron chi connectivity index (χ4n) is 2.34. The van der Waals surface area contributed by atoms with Crippen molar-refractivity contribution in [3.8, 4) is 27.6 Å². The summed E-state index contributed by atoms with van der Waals surface area (Å²) in [6.45, 7) is 4.85. The molecule has 3 rings (SSSR count). The van der Waals surface area contributed by atoms with E-state index in [0.29, 0.717) is 0 Å². The van der Waals surface area contributed by atoms with E-state index < -0.39 is 0 Å². The van der Waals surface area contributed by atoms with Crippen LogP contribution in [0, 0.1) is 6.92 Å². The average Bonchev–Trinajstić information content (AvgIpc) is 3.00. The average molecular weight is 361 g/mol. The number of anilines is 1. The Morgan fingerprint density at radius 3 is 2.79 bits per heavy atom. The molecule has 124 valence electrons. The molecule has 2 aromatic heterocycles. The van der Waals surface area contributed by atoms with Crippen molar-refractivity contribution in [2.75, 3.05) is 19.0 Å². The summed E-state index contributed by atoms with van der Waals surface area (Å²) in [6, 6.07) is 7.89. The quantitative estimate of drug-likeness (QED) is 0.670. The van der Waals surface area contributed by atoms with Crippen LogP contribution in [0.5, 0.6) is 5.75 Å². The van der Waals surface area contributed by atoms with Crippen LogP contribution in [0.3, 0.4) is 0 Å². The zero-order valence-corrected chi connectivity index (χ0v) is 15.2. The van der Waals surface area contributed by atoms with Crippen LogP contribution < -0.4 is 10.1 Å². The zero-order valence-electron chi connectivity index (χ0n) is 13.6. The predicted molar refractivity (Wildman–Crippen MR) is 99.0 cm³/mol. The van der Waals surface area contributed by atoms with Crippen molar-refractivity contribution in [1.29, 1.82) is 0 Å². The third-order valence-corrected chi connectivity index (χ3v) is 4.71. The minimum atomic E-state index is 0.221. The van der Waals surface area contributed by atoms with Gasteiger partial charge in [0.1, 0.15) is 5.75 Å². The highest BCUT2D eigenvalue weighted by molar-refractivity contribution is 7.19. The Balaban J connectivity index is 2.16. The van der Waals surface area contributed by atoms with Crippen LogP contribution in [0.1, 0.15) is 12.5 Å². The van der Waals surface area contributed by atoms with E-state index in [0.717, 1.165) is 44.8 Å². The Morgan fingerprint density at radius 1 is 1.25 bits per heavy atom. The maximum absolute atomic E-state index is 5.96. The summed E-state index contributed by atoms with van der Waals surface area (Å²) in [4.78, 5) is 14.0. The van der Waals surface area contributed by atoms with Gasteiger partial charge in [-0.1, -0.05) is 23.5 Å². The molecule has 0 bridgehead atoms. The number of aromatic nitrogens is 3. The molecular weight excluding hydrogens is 344 g/mol. The second-order valence-corrected chi connectivity index (χ2v) is 6.46. The molecule has 0 aliphatic heterocycles. The number of halogens is 1. The number of nitrogens with zero attached hydrogens (tertiary/aromatic N) is 3. The van der Waals surface area contributed by atoms with E-state index in [4.69, 9.17) is 21.3 Å². The summed E-state index contributed by atoms with van der Waals surface area (Å²) in [5, 5.41) is 4.33. The first kappa shape index (κ1) is 16.7. The lowest BCUT2D eigenvalue weighted by atomic mass is 10.1. The van der Waals surface area contributed by atoms with Crippen molar-refractivity contribution in [3.63, 3.8) is 0 Å². The fraction of sp³-hybridized carbons (Fsp3) is 0.235. The van der Waals surface area contributed by atoms with Gasteiger partial charge in [-0.15, -0.1) is 0 Å². The molecule has 5 nitrogen and oxygen atoms in total. The van der Waals surface area contributed by atoms with Gasteiger partial charge in [0.15, 0.2) is 5.13 Å². The second-order valence-electron chi connectivity index (χ2n) is 5.12. The Kier molecular flexibility index (Phi) is 4.97. The van der Waals surface area contributed by atoms with E-state index in [-0.39, 0.29) is 5.28 Å². The van der Waals surface area contributed by atoms with Crippen molar-refractivity contribution in [3.05, 3.63) is 41.3 Å². The Morgan fingerprint density at radius 2 is 2.08 bits per heavy atom. The highest BCUT2D eigenvalue weighted by Crippen LogP contribution is 2.39. The van der Waals surface area contributed by atoms with Gasteiger partial charge in [0.2, 0.25) is 5.28 Å². The van der Waals surface area contributed by atoms with Crippen molar-refractivity contribution < 1.29 is 4.74 Å². The van der Waals surface area contributed by atoms with Gasteiger partial charge in [0.25, 0.3) is 0 Å². The molecule has 0 fully saturated rings. The molecule has 1 aromatic carbocycles. The van der Waals surface area contributed by atoms with Gasteiger partial charge >= 0.3 is 0 Å². The third kappa shape index (κ3) is 3.34. The molecule has 0 unspecified atom stereocenters. The van der Waals surface area contributed by atoms with Crippen molar-refractivity contribution in [1.82, 2.24) is 15.0 Å². The van der Waals surface area contributed by atoms with Gasteiger partial charge < -0.3 is 10.1 Å². The van der Waals surface area contributed by atoms with E-state index in [2.05, 4.69) is 15.3 Å². The molecule has 0 spiro atoms. The molecule has 7 heteroatoms. The normalized spacial score (nSPS) is 10.7. The summed E-state index contributed by atoms with van der Waals surface area (Å²) in [5.41, 5.74) is 3.66. The minimum absolute atomic E-state index is 0.221. The lowest BCUT2D eigenvalue weighted by Gasteiger charge is -2.07. The second kappa shape index (κ2) is 7.15. The standard InChI is InChI=1S/C17H17ClN4OS/c1-4-19-17-22-14(11-6-5-10(2)13(9-11)23-3)15(24-17)12-7-8-20-16(18)21-12/h5-9H,4H2,1-3H3,(H,19,22). The Hall–Kier alpha value is -2.18. The smallest absolute Gasteiger partial charge is 0.222 e. The lowest BCUT2D eigenvalue weighted by Crippen LogP contribution is -1.95. The molecule has 0 aliphatic carbocycles. The highest BCUT2D eigenvalue weighted by atomic mass is 35.5. The first-order valence-electron chi connectivity index (χ1n) is 7.51. The van der Waals surface area contributed by atoms with Crippen LogP contribution >= 0.6 is 22.9 Å². The van der Waals surface area contributed by atoms with E-state index in [1.807, 2.05) is 38.1 Å². The largest absolute Gasteiger partial charge is 0.496 e. The molecule has 0 aliphatic rings. The molecule has 0 amide bonds. The zero-order chi connectivity index (χ0) is 17.1. The molecule has 1 N–H and O–H groups in total. The van der Waals surface area contributed by atoms with Crippen LogP contribution in [0.4, 0.5) is 5.13 Å².